The van der Waals surface area contributed by atoms with Gasteiger partial charge >= 0.3 is 5.97 Å². The topological polar surface area (TPSA) is 68.3 Å². The molecule has 3 unspecified atom stereocenters. The van der Waals surface area contributed by atoms with Crippen LogP contribution in [-0.4, -0.2) is 87.9 Å². The molecule has 7 heteroatoms. The van der Waals surface area contributed by atoms with Crippen LogP contribution in [0.3, 0.4) is 0 Å². The van der Waals surface area contributed by atoms with Crippen molar-refractivity contribution in [2.75, 3.05) is 60.2 Å². The van der Waals surface area contributed by atoms with Gasteiger partial charge in [-0.25, -0.2) is 0 Å². The molecule has 7 nitrogen and oxygen atoms in total. The van der Waals surface area contributed by atoms with E-state index < -0.39 is 0 Å². The highest BCUT2D eigenvalue weighted by Gasteiger charge is 2.23. The van der Waals surface area contributed by atoms with Gasteiger partial charge in [0.2, 0.25) is 5.91 Å². The number of hydrogen-bond donors (Lipinski definition) is 0. The number of unbranched alkanes of at least 4 members (excludes halogenated alkanes) is 35. The van der Waals surface area contributed by atoms with Crippen LogP contribution in [0.25, 0.3) is 0 Å². The zero-order chi connectivity index (χ0) is 59.9. The van der Waals surface area contributed by atoms with Crippen LogP contribution in [0.15, 0.2) is 0 Å². The van der Waals surface area contributed by atoms with E-state index in [4.69, 9.17) is 14.2 Å². The number of nitrogens with zero attached hydrogens (tertiary/aromatic N) is 2. The Hall–Kier alpha value is -1.18. The first-order chi connectivity index (χ1) is 40.3. The Bertz CT molecular complexity index is 1210. The van der Waals surface area contributed by atoms with Crippen molar-refractivity contribution in [1.29, 1.82) is 0 Å². The van der Waals surface area contributed by atoms with Crippen molar-refractivity contribution >= 4 is 11.9 Å². The maximum atomic E-state index is 14.3. The Balaban J connectivity index is 5.45. The zero-order valence-electron chi connectivity index (χ0n) is 57.4. The summed E-state index contributed by atoms with van der Waals surface area (Å²) in [5.74, 6) is 2.28. The molecule has 490 valence electrons. The fourth-order valence-corrected chi connectivity index (χ4v) is 12.5. The summed E-state index contributed by atoms with van der Waals surface area (Å²) in [5.41, 5.74) is 0. The quantitative estimate of drug-likeness (QED) is 0.0447. The van der Waals surface area contributed by atoms with Gasteiger partial charge in [0.25, 0.3) is 0 Å². The van der Waals surface area contributed by atoms with Gasteiger partial charge in [-0.15, -0.1) is 0 Å². The molecule has 3 atom stereocenters. The Morgan fingerprint density at radius 2 is 0.646 bits per heavy atom. The number of carbonyl (C=O) groups excluding carboxylic acids is 2. The normalized spacial score (nSPS) is 13.3. The molecule has 0 aliphatic carbocycles. The molecule has 0 N–H and O–H groups in total. The minimum atomic E-state index is -0.0372. The fraction of sp³-hybridized carbons (Fsp3) is 0.973. The molecule has 0 aromatic heterocycles. The van der Waals surface area contributed by atoms with E-state index in [9.17, 15) is 9.59 Å². The van der Waals surface area contributed by atoms with E-state index in [1.54, 1.807) is 0 Å². The van der Waals surface area contributed by atoms with Crippen molar-refractivity contribution in [1.82, 2.24) is 9.80 Å². The Labute approximate surface area is 515 Å². The maximum Gasteiger partial charge on any atom is 0.305 e. The van der Waals surface area contributed by atoms with Crippen molar-refractivity contribution < 1.29 is 23.8 Å². The van der Waals surface area contributed by atoms with Crippen LogP contribution in [-0.2, 0) is 23.8 Å². The predicted molar refractivity (Wildman–Crippen MR) is 360 cm³/mol. The lowest BCUT2D eigenvalue weighted by atomic mass is 9.94. The first kappa shape index (κ1) is 80.8. The van der Waals surface area contributed by atoms with E-state index in [0.29, 0.717) is 37.3 Å². The van der Waals surface area contributed by atoms with Gasteiger partial charge in [-0.1, -0.05) is 298 Å². The largest absolute Gasteiger partial charge is 0.465 e. The molecule has 1 amide bonds. The summed E-state index contributed by atoms with van der Waals surface area (Å²) in [5, 5.41) is 0. The summed E-state index contributed by atoms with van der Waals surface area (Å²) in [6, 6.07) is 0.320. The van der Waals surface area contributed by atoms with E-state index in [2.05, 4.69) is 65.4 Å². The Kier molecular flexibility index (Phi) is 64.8. The van der Waals surface area contributed by atoms with Crippen molar-refractivity contribution in [3.63, 3.8) is 0 Å². The SMILES string of the molecule is CCCCCCCCCCC(CCCCCCCC)COCCCCCCC(CCCCCCOCC(CCCCCCCC)CCCCCCCCCC)N(CCCN(C)C)C(=O)CCCCCCCC(=O)OCC(CC)CCCC. The third-order valence-electron chi connectivity index (χ3n) is 18.3. The van der Waals surface area contributed by atoms with Crippen LogP contribution in [0, 0.1) is 17.8 Å². The Morgan fingerprint density at radius 3 is 1.02 bits per heavy atom. The lowest BCUT2D eigenvalue weighted by Crippen LogP contribution is -2.41. The van der Waals surface area contributed by atoms with Crippen LogP contribution >= 0.6 is 0 Å². The van der Waals surface area contributed by atoms with Crippen LogP contribution in [0.1, 0.15) is 388 Å². The van der Waals surface area contributed by atoms with Crippen molar-refractivity contribution in [2.45, 2.75) is 394 Å². The number of ether oxygens (including phenoxy) is 3. The molecule has 0 aromatic rings. The average Bonchev–Trinajstić information content (AvgIpc) is 3.48. The highest BCUT2D eigenvalue weighted by atomic mass is 16.5. The molecule has 0 aliphatic heterocycles. The lowest BCUT2D eigenvalue weighted by Gasteiger charge is -2.33. The van der Waals surface area contributed by atoms with Gasteiger partial charge in [-0.2, -0.15) is 0 Å². The van der Waals surface area contributed by atoms with Gasteiger partial charge in [0.1, 0.15) is 0 Å². The summed E-state index contributed by atoms with van der Waals surface area (Å²) in [6.07, 6.45) is 67.8. The smallest absolute Gasteiger partial charge is 0.305 e. The van der Waals surface area contributed by atoms with E-state index in [1.165, 1.54) is 257 Å². The first-order valence-corrected chi connectivity index (χ1v) is 37.5. The lowest BCUT2D eigenvalue weighted by molar-refractivity contribution is -0.145. The minimum Gasteiger partial charge on any atom is -0.465 e. The van der Waals surface area contributed by atoms with E-state index in [-0.39, 0.29) is 5.97 Å². The number of esters is 1. The fourth-order valence-electron chi connectivity index (χ4n) is 12.5. The van der Waals surface area contributed by atoms with Gasteiger partial charge in [0, 0.05) is 51.9 Å². The van der Waals surface area contributed by atoms with Gasteiger partial charge in [-0.05, 0) is 115 Å². The van der Waals surface area contributed by atoms with E-state index in [0.717, 1.165) is 128 Å². The molecule has 0 saturated heterocycles. The second kappa shape index (κ2) is 65.8. The summed E-state index contributed by atoms with van der Waals surface area (Å²) in [7, 11) is 4.32. The molecule has 0 heterocycles. The molecule has 0 aromatic carbocycles. The van der Waals surface area contributed by atoms with Crippen LogP contribution < -0.4 is 0 Å². The van der Waals surface area contributed by atoms with Crippen molar-refractivity contribution in [3.8, 4) is 0 Å². The van der Waals surface area contributed by atoms with Crippen LogP contribution in [0.2, 0.25) is 0 Å². The standard InChI is InChI=1S/C75H150N2O5/c1-9-15-20-24-28-30-35-45-57-71(55-43-33-26-22-17-11-3)67-80-65-51-41-39-47-59-73(60-48-40-42-52-66-81-68-72(56-44-34-27-23-18-12-4)58-46-36-31-29-25-21-16-10-2)77(64-53-63-76(7)8)74(78)61-49-37-32-38-50-62-75(79)82-69-70(14-6)54-19-13-5/h70-73H,9-69H2,1-8H3. The van der Waals surface area contributed by atoms with E-state index in [1.807, 2.05) is 0 Å². The Morgan fingerprint density at radius 1 is 0.317 bits per heavy atom. The zero-order valence-corrected chi connectivity index (χ0v) is 57.4. The first-order valence-electron chi connectivity index (χ1n) is 37.5. The average molecular weight is 1160 g/mol. The number of hydrogen-bond acceptors (Lipinski definition) is 6. The highest BCUT2D eigenvalue weighted by molar-refractivity contribution is 5.76. The molecule has 0 spiro atoms. The second-order valence-corrected chi connectivity index (χ2v) is 26.7. The number of amides is 1. The van der Waals surface area contributed by atoms with Gasteiger partial charge < -0.3 is 24.0 Å². The molecule has 0 bridgehead atoms. The van der Waals surface area contributed by atoms with Gasteiger partial charge in [0.05, 0.1) is 6.61 Å². The molecule has 82 heavy (non-hydrogen) atoms. The van der Waals surface area contributed by atoms with Crippen molar-refractivity contribution in [3.05, 3.63) is 0 Å². The predicted octanol–water partition coefficient (Wildman–Crippen LogP) is 23.4. The second-order valence-electron chi connectivity index (χ2n) is 26.7. The third kappa shape index (κ3) is 56.6. The molecule has 0 rings (SSSR count). The van der Waals surface area contributed by atoms with Crippen LogP contribution in [0.5, 0.6) is 0 Å². The van der Waals surface area contributed by atoms with E-state index >= 15 is 0 Å². The summed E-state index contributed by atoms with van der Waals surface area (Å²) >= 11 is 0. The van der Waals surface area contributed by atoms with Crippen LogP contribution in [0.4, 0.5) is 0 Å². The molecule has 0 fully saturated rings. The summed E-state index contributed by atoms with van der Waals surface area (Å²) in [6.45, 7) is 19.8. The minimum absolute atomic E-state index is 0.0372. The summed E-state index contributed by atoms with van der Waals surface area (Å²) < 4.78 is 18.6. The maximum absolute atomic E-state index is 14.3. The molecule has 0 radical (unpaired) electrons. The van der Waals surface area contributed by atoms with Gasteiger partial charge in [-0.3, -0.25) is 9.59 Å². The molecule has 0 aliphatic rings. The monoisotopic (exact) mass is 1160 g/mol. The molecule has 0 saturated carbocycles. The molecular formula is C75H150N2O5. The van der Waals surface area contributed by atoms with Gasteiger partial charge in [0.15, 0.2) is 0 Å². The molecular weight excluding hydrogens is 1010 g/mol. The number of carbonyl (C=O) groups is 2. The highest BCUT2D eigenvalue weighted by Crippen LogP contribution is 2.25. The third-order valence-corrected chi connectivity index (χ3v) is 18.3. The summed E-state index contributed by atoms with van der Waals surface area (Å²) in [4.78, 5) is 31.5. The van der Waals surface area contributed by atoms with Crippen molar-refractivity contribution in [2.24, 2.45) is 17.8 Å². The number of rotatable bonds is 69.